The molecule has 0 aliphatic rings. The zero-order valence-corrected chi connectivity index (χ0v) is 23.0. The molecular formula is C25H25BrClN3O5S. The second-order valence-corrected chi connectivity index (χ2v) is 11.0. The molecule has 3 aromatic rings. The molecule has 8 nitrogen and oxygen atoms in total. The topological polar surface area (TPSA) is 97.3 Å². The molecule has 0 saturated heterocycles. The van der Waals surface area contributed by atoms with Gasteiger partial charge in [-0.3, -0.25) is 9.10 Å². The van der Waals surface area contributed by atoms with Crippen molar-refractivity contribution in [3.63, 3.8) is 0 Å². The number of hydrazone groups is 1. The highest BCUT2D eigenvalue weighted by Gasteiger charge is 2.22. The number of benzene rings is 3. The van der Waals surface area contributed by atoms with Crippen molar-refractivity contribution in [2.24, 2.45) is 5.10 Å². The van der Waals surface area contributed by atoms with Crippen molar-refractivity contribution in [1.29, 1.82) is 0 Å². The molecule has 0 aliphatic carbocycles. The number of nitrogens with zero attached hydrogens (tertiary/aromatic N) is 2. The van der Waals surface area contributed by atoms with Crippen LogP contribution in [0, 0.1) is 6.92 Å². The first-order chi connectivity index (χ1) is 17.1. The van der Waals surface area contributed by atoms with Gasteiger partial charge in [-0.05, 0) is 69.9 Å². The average molecular weight is 595 g/mol. The van der Waals surface area contributed by atoms with E-state index in [1.165, 1.54) is 13.3 Å². The Morgan fingerprint density at radius 1 is 1.17 bits per heavy atom. The fraction of sp³-hybridized carbons (Fsp3) is 0.200. The highest BCUT2D eigenvalue weighted by atomic mass is 79.9. The molecule has 0 heterocycles. The Labute approximate surface area is 224 Å². The van der Waals surface area contributed by atoms with E-state index in [2.05, 4.69) is 26.5 Å². The number of rotatable bonds is 10. The van der Waals surface area contributed by atoms with Gasteiger partial charge in [-0.15, -0.1) is 0 Å². The van der Waals surface area contributed by atoms with Crippen molar-refractivity contribution in [2.45, 2.75) is 13.5 Å². The normalized spacial score (nSPS) is 11.4. The van der Waals surface area contributed by atoms with Crippen molar-refractivity contribution in [3.8, 4) is 11.5 Å². The van der Waals surface area contributed by atoms with E-state index in [1.807, 2.05) is 30.3 Å². The number of methoxy groups -OCH3 is 1. The molecule has 11 heteroatoms. The van der Waals surface area contributed by atoms with Crippen molar-refractivity contribution in [2.75, 3.05) is 24.2 Å². The van der Waals surface area contributed by atoms with Gasteiger partial charge < -0.3 is 9.47 Å². The van der Waals surface area contributed by atoms with E-state index in [0.717, 1.165) is 16.1 Å². The largest absolute Gasteiger partial charge is 0.493 e. The molecule has 36 heavy (non-hydrogen) atoms. The summed E-state index contributed by atoms with van der Waals surface area (Å²) in [6.07, 6.45) is 2.45. The predicted octanol–water partition coefficient (Wildman–Crippen LogP) is 4.91. The van der Waals surface area contributed by atoms with Gasteiger partial charge in [0, 0.05) is 5.02 Å². The molecule has 0 aromatic heterocycles. The van der Waals surface area contributed by atoms with E-state index in [4.69, 9.17) is 21.1 Å². The van der Waals surface area contributed by atoms with Gasteiger partial charge in [0.05, 0.1) is 29.7 Å². The van der Waals surface area contributed by atoms with Crippen LogP contribution < -0.4 is 19.2 Å². The molecule has 3 rings (SSSR count). The predicted molar refractivity (Wildman–Crippen MR) is 146 cm³/mol. The van der Waals surface area contributed by atoms with Crippen molar-refractivity contribution >= 4 is 55.4 Å². The Morgan fingerprint density at radius 3 is 2.53 bits per heavy atom. The first kappa shape index (κ1) is 27.5. The highest BCUT2D eigenvalue weighted by Crippen LogP contribution is 2.37. The number of carbonyl (C=O) groups is 1. The van der Waals surface area contributed by atoms with Crippen LogP contribution in [0.25, 0.3) is 0 Å². The summed E-state index contributed by atoms with van der Waals surface area (Å²) in [5, 5.41) is 4.43. The zero-order chi connectivity index (χ0) is 26.3. The maximum atomic E-state index is 12.5. The van der Waals surface area contributed by atoms with Crippen LogP contribution in [0.4, 0.5) is 5.69 Å². The first-order valence-corrected chi connectivity index (χ1v) is 13.7. The van der Waals surface area contributed by atoms with Gasteiger partial charge in [0.1, 0.15) is 13.2 Å². The van der Waals surface area contributed by atoms with Crippen LogP contribution in [0.1, 0.15) is 16.7 Å². The number of nitrogens with one attached hydrogen (secondary N) is 1. The third kappa shape index (κ3) is 7.46. The number of aryl methyl sites for hydroxylation is 1. The third-order valence-electron chi connectivity index (χ3n) is 5.00. The van der Waals surface area contributed by atoms with Gasteiger partial charge in [-0.25, -0.2) is 13.8 Å². The van der Waals surface area contributed by atoms with Crippen LogP contribution in [-0.4, -0.2) is 40.4 Å². The van der Waals surface area contributed by atoms with Gasteiger partial charge in [0.25, 0.3) is 5.91 Å². The van der Waals surface area contributed by atoms with Crippen LogP contribution in [0.3, 0.4) is 0 Å². The van der Waals surface area contributed by atoms with Crippen molar-refractivity contribution < 1.29 is 22.7 Å². The Balaban J connectivity index is 1.69. The molecule has 190 valence electrons. The van der Waals surface area contributed by atoms with E-state index in [0.29, 0.717) is 44.4 Å². The lowest BCUT2D eigenvalue weighted by atomic mass is 10.2. The number of hydrogen-bond acceptors (Lipinski definition) is 6. The van der Waals surface area contributed by atoms with Crippen LogP contribution >= 0.6 is 27.5 Å². The Kier molecular flexibility index (Phi) is 9.36. The minimum atomic E-state index is -3.73. The van der Waals surface area contributed by atoms with Gasteiger partial charge in [-0.2, -0.15) is 5.10 Å². The second kappa shape index (κ2) is 12.2. The summed E-state index contributed by atoms with van der Waals surface area (Å²) in [5.41, 5.74) is 4.98. The number of halogens is 2. The van der Waals surface area contributed by atoms with E-state index in [9.17, 15) is 13.2 Å². The number of anilines is 1. The van der Waals surface area contributed by atoms with Crippen molar-refractivity contribution in [1.82, 2.24) is 5.43 Å². The van der Waals surface area contributed by atoms with Gasteiger partial charge >= 0.3 is 0 Å². The molecule has 0 aliphatic heterocycles. The summed E-state index contributed by atoms with van der Waals surface area (Å²) in [6.45, 7) is 1.63. The molecule has 1 amide bonds. The van der Waals surface area contributed by atoms with Crippen LogP contribution in [0.2, 0.25) is 5.02 Å². The van der Waals surface area contributed by atoms with Crippen LogP contribution in [0.5, 0.6) is 11.5 Å². The van der Waals surface area contributed by atoms with E-state index < -0.39 is 22.5 Å². The number of hydrogen-bond donors (Lipinski definition) is 1. The summed E-state index contributed by atoms with van der Waals surface area (Å²) in [5.74, 6) is 0.402. The highest BCUT2D eigenvalue weighted by molar-refractivity contribution is 9.10. The molecule has 0 spiro atoms. The zero-order valence-electron chi connectivity index (χ0n) is 19.9. The van der Waals surface area contributed by atoms with E-state index in [-0.39, 0.29) is 0 Å². The van der Waals surface area contributed by atoms with E-state index in [1.54, 1.807) is 37.3 Å². The Morgan fingerprint density at radius 2 is 1.89 bits per heavy atom. The second-order valence-electron chi connectivity index (χ2n) is 7.80. The molecule has 0 unspecified atom stereocenters. The molecule has 0 fully saturated rings. The Bertz CT molecular complexity index is 1370. The summed E-state index contributed by atoms with van der Waals surface area (Å²) in [6, 6.07) is 18.0. The number of carbonyl (C=O) groups excluding carboxylic acids is 1. The fourth-order valence-corrected chi connectivity index (χ4v) is 5.02. The average Bonchev–Trinajstić information content (AvgIpc) is 2.82. The lowest BCUT2D eigenvalue weighted by Crippen LogP contribution is -2.39. The van der Waals surface area contributed by atoms with Gasteiger partial charge in [0.2, 0.25) is 10.0 Å². The molecule has 3 aromatic carbocycles. The lowest BCUT2D eigenvalue weighted by Gasteiger charge is -2.23. The first-order valence-electron chi connectivity index (χ1n) is 10.7. The summed E-state index contributed by atoms with van der Waals surface area (Å²) < 4.78 is 37.7. The molecule has 0 atom stereocenters. The lowest BCUT2D eigenvalue weighted by molar-refractivity contribution is -0.119. The molecular weight excluding hydrogens is 570 g/mol. The summed E-state index contributed by atoms with van der Waals surface area (Å²) >= 11 is 9.46. The SMILES string of the molecule is COc1cc(/C=N\NC(=O)CN(c2ccc(Cl)cc2C)S(C)(=O)=O)cc(Br)c1OCc1ccccc1. The third-order valence-corrected chi connectivity index (χ3v) is 6.95. The maximum Gasteiger partial charge on any atom is 0.260 e. The molecule has 0 radical (unpaired) electrons. The maximum absolute atomic E-state index is 12.5. The van der Waals surface area contributed by atoms with Crippen LogP contribution in [0.15, 0.2) is 70.2 Å². The molecule has 0 bridgehead atoms. The monoisotopic (exact) mass is 593 g/mol. The van der Waals surface area contributed by atoms with Crippen LogP contribution in [-0.2, 0) is 21.4 Å². The molecule has 1 N–H and O–H groups in total. The number of ether oxygens (including phenoxy) is 2. The summed E-state index contributed by atoms with van der Waals surface area (Å²) in [7, 11) is -2.20. The van der Waals surface area contributed by atoms with Crippen molar-refractivity contribution in [3.05, 3.63) is 86.8 Å². The minimum Gasteiger partial charge on any atom is -0.493 e. The van der Waals surface area contributed by atoms with Gasteiger partial charge in [0.15, 0.2) is 11.5 Å². The quantitative estimate of drug-likeness (QED) is 0.266. The minimum absolute atomic E-state index is 0.362. The fourth-order valence-electron chi connectivity index (χ4n) is 3.31. The number of sulfonamides is 1. The summed E-state index contributed by atoms with van der Waals surface area (Å²) in [4.78, 5) is 12.5. The van der Waals surface area contributed by atoms with Gasteiger partial charge in [-0.1, -0.05) is 41.9 Å². The molecule has 0 saturated carbocycles. The smallest absolute Gasteiger partial charge is 0.260 e. The Hall–Kier alpha value is -3.08. The standard InChI is InChI=1S/C25H25BrClN3O5S/c1-17-11-20(27)9-10-22(17)30(36(3,32)33)15-24(31)29-28-14-19-12-21(26)25(23(13-19)34-2)35-16-18-7-5-4-6-8-18/h4-14H,15-16H2,1-3H3,(H,29,31)/b28-14-. The van der Waals surface area contributed by atoms with E-state index >= 15 is 0 Å². The number of amides is 1.